The van der Waals surface area contributed by atoms with Gasteiger partial charge in [0.2, 0.25) is 5.95 Å². The maximum Gasteiger partial charge on any atom is 0.243 e. The van der Waals surface area contributed by atoms with E-state index in [0.29, 0.717) is 5.95 Å². The number of rotatable bonds is 4. The third-order valence-electron chi connectivity index (χ3n) is 2.52. The van der Waals surface area contributed by atoms with Crippen molar-refractivity contribution in [1.82, 2.24) is 14.6 Å². The lowest BCUT2D eigenvalue weighted by atomic mass is 10.3. The van der Waals surface area contributed by atoms with E-state index in [2.05, 4.69) is 43.5 Å². The van der Waals surface area contributed by atoms with E-state index in [1.54, 1.807) is 15.9 Å². The maximum absolute atomic E-state index is 4.38. The van der Waals surface area contributed by atoms with Gasteiger partial charge in [-0.15, -0.1) is 16.4 Å². The third-order valence-corrected chi connectivity index (χ3v) is 4.21. The fraction of sp³-hybridized carbons (Fsp3) is 0.167. The molecule has 1 N–H and O–H groups in total. The Bertz CT molecular complexity index is 628. The van der Waals surface area contributed by atoms with Crippen molar-refractivity contribution in [1.29, 1.82) is 0 Å². The topological polar surface area (TPSA) is 42.2 Å². The fourth-order valence-corrected chi connectivity index (χ4v) is 3.17. The number of thiophene rings is 1. The van der Waals surface area contributed by atoms with Gasteiger partial charge in [-0.3, -0.25) is 0 Å². The molecule has 4 nitrogen and oxygen atoms in total. The van der Waals surface area contributed by atoms with Gasteiger partial charge in [0.25, 0.3) is 0 Å². The molecule has 0 spiro atoms. The van der Waals surface area contributed by atoms with E-state index >= 15 is 0 Å². The van der Waals surface area contributed by atoms with E-state index in [9.17, 15) is 0 Å². The van der Waals surface area contributed by atoms with Crippen molar-refractivity contribution in [3.05, 3.63) is 45.2 Å². The fourth-order valence-electron chi connectivity index (χ4n) is 1.69. The summed E-state index contributed by atoms with van der Waals surface area (Å²) in [6.45, 7) is 0.837. The number of pyridine rings is 1. The predicted octanol–water partition coefficient (Wildman–Crippen LogP) is 3.21. The summed E-state index contributed by atoms with van der Waals surface area (Å²) < 4.78 is 2.94. The van der Waals surface area contributed by atoms with Crippen LogP contribution in [0.3, 0.4) is 0 Å². The summed E-state index contributed by atoms with van der Waals surface area (Å²) in [6.07, 6.45) is 2.87. The van der Waals surface area contributed by atoms with Crippen molar-refractivity contribution in [3.8, 4) is 0 Å². The minimum Gasteiger partial charge on any atom is -0.353 e. The van der Waals surface area contributed by atoms with E-state index in [1.165, 1.54) is 8.66 Å². The zero-order chi connectivity index (χ0) is 12.4. The van der Waals surface area contributed by atoms with Crippen LogP contribution in [0.4, 0.5) is 5.95 Å². The molecule has 6 heteroatoms. The molecule has 92 valence electrons. The maximum atomic E-state index is 4.38. The molecule has 0 bridgehead atoms. The summed E-state index contributed by atoms with van der Waals surface area (Å²) >= 11 is 5.22. The second kappa shape index (κ2) is 5.07. The molecule has 0 aromatic carbocycles. The molecule has 3 aromatic rings. The Morgan fingerprint density at radius 1 is 1.28 bits per heavy atom. The number of fused-ring (bicyclic) bond motifs is 1. The van der Waals surface area contributed by atoms with Gasteiger partial charge in [-0.25, -0.2) is 4.52 Å². The molecule has 0 radical (unpaired) electrons. The van der Waals surface area contributed by atoms with Gasteiger partial charge in [-0.2, -0.15) is 4.98 Å². The van der Waals surface area contributed by atoms with Crippen molar-refractivity contribution in [2.75, 3.05) is 11.9 Å². The number of hydrogen-bond donors (Lipinski definition) is 1. The van der Waals surface area contributed by atoms with E-state index in [-0.39, 0.29) is 0 Å². The molecule has 0 atom stereocenters. The Morgan fingerprint density at radius 3 is 3.00 bits per heavy atom. The average molecular weight is 323 g/mol. The predicted molar refractivity (Wildman–Crippen MR) is 77.2 cm³/mol. The molecule has 0 aliphatic carbocycles. The minimum absolute atomic E-state index is 0.678. The monoisotopic (exact) mass is 322 g/mol. The molecule has 0 fully saturated rings. The molecule has 0 aliphatic heterocycles. The Hall–Kier alpha value is -1.40. The Balaban J connectivity index is 1.62. The summed E-state index contributed by atoms with van der Waals surface area (Å²) in [7, 11) is 0. The first-order valence-corrected chi connectivity index (χ1v) is 7.22. The van der Waals surface area contributed by atoms with Crippen LogP contribution in [0.25, 0.3) is 5.65 Å². The highest BCUT2D eigenvalue weighted by atomic mass is 79.9. The van der Waals surface area contributed by atoms with Gasteiger partial charge in [0, 0.05) is 17.6 Å². The molecular formula is C12H11BrN4S. The van der Waals surface area contributed by atoms with Gasteiger partial charge in [0.1, 0.15) is 0 Å². The van der Waals surface area contributed by atoms with Gasteiger partial charge in [0.05, 0.1) is 3.79 Å². The Morgan fingerprint density at radius 2 is 2.22 bits per heavy atom. The van der Waals surface area contributed by atoms with Crippen LogP contribution in [-0.4, -0.2) is 21.1 Å². The van der Waals surface area contributed by atoms with Crippen LogP contribution < -0.4 is 5.32 Å². The molecule has 0 saturated heterocycles. The zero-order valence-corrected chi connectivity index (χ0v) is 11.9. The lowest BCUT2D eigenvalue weighted by molar-refractivity contribution is 0.941. The number of aromatic nitrogens is 3. The van der Waals surface area contributed by atoms with Crippen LogP contribution in [0, 0.1) is 0 Å². The number of nitrogens with one attached hydrogen (secondary N) is 1. The second-order valence-corrected chi connectivity index (χ2v) is 6.37. The number of halogens is 1. The molecule has 0 saturated carbocycles. The van der Waals surface area contributed by atoms with E-state index in [0.717, 1.165) is 18.6 Å². The molecule has 3 heterocycles. The van der Waals surface area contributed by atoms with Crippen molar-refractivity contribution in [2.24, 2.45) is 0 Å². The highest BCUT2D eigenvalue weighted by molar-refractivity contribution is 9.11. The van der Waals surface area contributed by atoms with Gasteiger partial charge in [-0.1, -0.05) is 6.07 Å². The molecule has 3 rings (SSSR count). The lowest BCUT2D eigenvalue weighted by Crippen LogP contribution is -2.05. The number of nitrogens with zero attached hydrogens (tertiary/aromatic N) is 3. The van der Waals surface area contributed by atoms with Crippen LogP contribution in [0.1, 0.15) is 4.88 Å². The largest absolute Gasteiger partial charge is 0.353 e. The normalized spacial score (nSPS) is 10.9. The SMILES string of the molecule is Brc1ccc(CCNc2nc3ccccn3n2)s1. The van der Waals surface area contributed by atoms with Crippen molar-refractivity contribution >= 4 is 38.9 Å². The van der Waals surface area contributed by atoms with Gasteiger partial charge in [0.15, 0.2) is 5.65 Å². The quantitative estimate of drug-likeness (QED) is 0.802. The van der Waals surface area contributed by atoms with Crippen LogP contribution in [0.15, 0.2) is 40.3 Å². The standard InChI is InChI=1S/C12H11BrN4S/c13-10-5-4-9(18-10)6-7-14-12-15-11-3-1-2-8-17(11)16-12/h1-5,8H,6-7H2,(H,14,16). The van der Waals surface area contributed by atoms with Crippen molar-refractivity contribution < 1.29 is 0 Å². The Labute approximate surface area is 117 Å². The van der Waals surface area contributed by atoms with E-state index in [1.807, 2.05) is 24.4 Å². The van der Waals surface area contributed by atoms with E-state index < -0.39 is 0 Å². The van der Waals surface area contributed by atoms with Gasteiger partial charge in [-0.05, 0) is 46.6 Å². The smallest absolute Gasteiger partial charge is 0.243 e. The van der Waals surface area contributed by atoms with E-state index in [4.69, 9.17) is 0 Å². The minimum atomic E-state index is 0.678. The number of anilines is 1. The van der Waals surface area contributed by atoms with Gasteiger partial charge < -0.3 is 5.32 Å². The number of hydrogen-bond acceptors (Lipinski definition) is 4. The second-order valence-electron chi connectivity index (χ2n) is 3.82. The molecule has 0 unspecified atom stereocenters. The average Bonchev–Trinajstić information content (AvgIpc) is 2.95. The summed E-state index contributed by atoms with van der Waals surface area (Å²) in [5, 5.41) is 7.58. The first-order chi connectivity index (χ1) is 8.81. The summed E-state index contributed by atoms with van der Waals surface area (Å²) in [5.41, 5.74) is 0.860. The molecular weight excluding hydrogens is 312 g/mol. The third kappa shape index (κ3) is 2.54. The molecule has 18 heavy (non-hydrogen) atoms. The summed E-state index contributed by atoms with van der Waals surface area (Å²) in [4.78, 5) is 5.73. The molecule has 3 aromatic heterocycles. The molecule has 0 amide bonds. The Kier molecular flexibility index (Phi) is 3.29. The van der Waals surface area contributed by atoms with Crippen LogP contribution in [-0.2, 0) is 6.42 Å². The highest BCUT2D eigenvalue weighted by Crippen LogP contribution is 2.22. The van der Waals surface area contributed by atoms with Crippen molar-refractivity contribution in [3.63, 3.8) is 0 Å². The van der Waals surface area contributed by atoms with Crippen LogP contribution in [0.2, 0.25) is 0 Å². The zero-order valence-electron chi connectivity index (χ0n) is 9.51. The lowest BCUT2D eigenvalue weighted by Gasteiger charge is -1.98. The van der Waals surface area contributed by atoms with Gasteiger partial charge >= 0.3 is 0 Å². The van der Waals surface area contributed by atoms with Crippen LogP contribution >= 0.6 is 27.3 Å². The summed E-state index contributed by atoms with van der Waals surface area (Å²) in [6, 6.07) is 10.0. The first kappa shape index (κ1) is 11.7. The molecule has 0 aliphatic rings. The first-order valence-electron chi connectivity index (χ1n) is 5.61. The van der Waals surface area contributed by atoms with Crippen LogP contribution in [0.5, 0.6) is 0 Å². The summed E-state index contributed by atoms with van der Waals surface area (Å²) in [5.74, 6) is 0.678. The highest BCUT2D eigenvalue weighted by Gasteiger charge is 2.02. The van der Waals surface area contributed by atoms with Crippen molar-refractivity contribution in [2.45, 2.75) is 6.42 Å².